The van der Waals surface area contributed by atoms with E-state index in [0.29, 0.717) is 22.2 Å². The van der Waals surface area contributed by atoms with Crippen molar-refractivity contribution in [3.63, 3.8) is 0 Å². The maximum Gasteiger partial charge on any atom is 0.377 e. The first-order chi connectivity index (χ1) is 11.0. The lowest BCUT2D eigenvalue weighted by Crippen LogP contribution is -2.31. The Morgan fingerprint density at radius 2 is 2.13 bits per heavy atom. The number of halogens is 2. The van der Waals surface area contributed by atoms with E-state index in [9.17, 15) is 9.59 Å². The van der Waals surface area contributed by atoms with Crippen LogP contribution in [0.2, 0.25) is 10.0 Å². The fraction of sp³-hybridized carbons (Fsp3) is 0.333. The first-order valence-corrected chi connectivity index (χ1v) is 7.59. The van der Waals surface area contributed by atoms with Crippen molar-refractivity contribution in [2.75, 3.05) is 19.8 Å². The summed E-state index contributed by atoms with van der Waals surface area (Å²) >= 11 is 11.9. The van der Waals surface area contributed by atoms with Crippen molar-refractivity contribution in [3.05, 3.63) is 45.8 Å². The highest BCUT2D eigenvalue weighted by Gasteiger charge is 2.19. The smallest absolute Gasteiger partial charge is 0.377 e. The number of hydrogen-bond donors (Lipinski definition) is 1. The quantitative estimate of drug-likeness (QED) is 0.818. The van der Waals surface area contributed by atoms with E-state index in [1.807, 2.05) is 0 Å². The number of carbonyl (C=O) groups is 2. The molecule has 1 N–H and O–H groups in total. The molecule has 0 radical (unpaired) electrons. The zero-order valence-electron chi connectivity index (χ0n) is 12.3. The third-order valence-corrected chi connectivity index (χ3v) is 3.55. The van der Waals surface area contributed by atoms with Gasteiger partial charge < -0.3 is 19.5 Å². The van der Waals surface area contributed by atoms with Gasteiger partial charge in [0, 0.05) is 10.0 Å². The maximum absolute atomic E-state index is 11.8. The van der Waals surface area contributed by atoms with Gasteiger partial charge in [0.25, 0.3) is 5.91 Å². The molecule has 0 saturated heterocycles. The van der Waals surface area contributed by atoms with Crippen LogP contribution in [0.15, 0.2) is 30.2 Å². The molecule has 0 aromatic heterocycles. The Kier molecular flexibility index (Phi) is 6.12. The Hall–Kier alpha value is -1.92. The predicted octanol–water partition coefficient (Wildman–Crippen LogP) is 2.60. The molecule has 0 bridgehead atoms. The topological polar surface area (TPSA) is 73.9 Å². The highest BCUT2D eigenvalue weighted by Crippen LogP contribution is 2.25. The van der Waals surface area contributed by atoms with E-state index in [1.165, 1.54) is 6.26 Å². The van der Waals surface area contributed by atoms with Crippen molar-refractivity contribution in [3.8, 4) is 0 Å². The van der Waals surface area contributed by atoms with E-state index in [0.717, 1.165) is 0 Å². The molecule has 6 nitrogen and oxygen atoms in total. The molecular formula is C15H15Cl2NO5. The van der Waals surface area contributed by atoms with Gasteiger partial charge >= 0.3 is 5.97 Å². The summed E-state index contributed by atoms with van der Waals surface area (Å²) in [6.07, 6.45) is 1.17. The van der Waals surface area contributed by atoms with Crippen molar-refractivity contribution in [1.29, 1.82) is 0 Å². The zero-order valence-corrected chi connectivity index (χ0v) is 13.8. The molecule has 1 atom stereocenters. The number of nitrogens with one attached hydrogen (secondary N) is 1. The van der Waals surface area contributed by atoms with Gasteiger partial charge in [-0.2, -0.15) is 0 Å². The third kappa shape index (κ3) is 5.04. The average Bonchev–Trinajstić information content (AvgIpc) is 2.53. The number of benzene rings is 1. The van der Waals surface area contributed by atoms with Crippen LogP contribution in [0.25, 0.3) is 0 Å². The summed E-state index contributed by atoms with van der Waals surface area (Å²) < 4.78 is 14.8. The van der Waals surface area contributed by atoms with E-state index in [1.54, 1.807) is 25.1 Å². The molecule has 23 heavy (non-hydrogen) atoms. The van der Waals surface area contributed by atoms with Gasteiger partial charge in [-0.1, -0.05) is 29.3 Å². The van der Waals surface area contributed by atoms with Crippen LogP contribution < -0.4 is 5.32 Å². The van der Waals surface area contributed by atoms with E-state index in [4.69, 9.17) is 37.4 Å². The van der Waals surface area contributed by atoms with Crippen LogP contribution in [-0.4, -0.2) is 31.7 Å². The third-order valence-electron chi connectivity index (χ3n) is 2.99. The van der Waals surface area contributed by atoms with E-state index in [2.05, 4.69) is 5.32 Å². The second-order valence-electron chi connectivity index (χ2n) is 4.73. The minimum Gasteiger partial charge on any atom is -0.493 e. The second-order valence-corrected chi connectivity index (χ2v) is 5.58. The highest BCUT2D eigenvalue weighted by molar-refractivity contribution is 6.35. The number of carbonyl (C=O) groups excluding carboxylic acids is 2. The Balaban J connectivity index is 1.84. The minimum absolute atomic E-state index is 0.0576. The number of esters is 1. The van der Waals surface area contributed by atoms with E-state index in [-0.39, 0.29) is 18.4 Å². The molecule has 8 heteroatoms. The average molecular weight is 360 g/mol. The van der Waals surface area contributed by atoms with Gasteiger partial charge in [-0.3, -0.25) is 4.79 Å². The van der Waals surface area contributed by atoms with Gasteiger partial charge in [0.1, 0.15) is 19.5 Å². The zero-order chi connectivity index (χ0) is 16.8. The summed E-state index contributed by atoms with van der Waals surface area (Å²) in [6.45, 7) is 1.96. The fourth-order valence-corrected chi connectivity index (χ4v) is 2.46. The molecular weight excluding hydrogens is 345 g/mol. The fourth-order valence-electron chi connectivity index (χ4n) is 1.89. The SMILES string of the molecule is C[C@@H](NC(=O)COC(=O)C1=COCCO1)c1ccc(Cl)cc1Cl. The van der Waals surface area contributed by atoms with Gasteiger partial charge in [-0.05, 0) is 24.6 Å². The molecule has 0 saturated carbocycles. The van der Waals surface area contributed by atoms with Crippen molar-refractivity contribution < 1.29 is 23.8 Å². The van der Waals surface area contributed by atoms with Gasteiger partial charge in [-0.15, -0.1) is 0 Å². The van der Waals surface area contributed by atoms with Gasteiger partial charge in [-0.25, -0.2) is 4.79 Å². The standard InChI is InChI=1S/C15H15Cl2NO5/c1-9(11-3-2-10(16)6-12(11)17)18-14(19)8-23-15(20)13-7-21-4-5-22-13/h2-3,6-7,9H,4-5,8H2,1H3,(H,18,19)/t9-/m1/s1. The Morgan fingerprint density at radius 1 is 1.35 bits per heavy atom. The molecule has 1 amide bonds. The van der Waals surface area contributed by atoms with Crippen LogP contribution in [0.3, 0.4) is 0 Å². The summed E-state index contributed by atoms with van der Waals surface area (Å²) in [5.74, 6) is -1.27. The van der Waals surface area contributed by atoms with Crippen molar-refractivity contribution in [1.82, 2.24) is 5.32 Å². The largest absolute Gasteiger partial charge is 0.493 e. The Labute approximate surface area is 143 Å². The molecule has 1 aliphatic heterocycles. The monoisotopic (exact) mass is 359 g/mol. The summed E-state index contributed by atoms with van der Waals surface area (Å²) in [4.78, 5) is 23.5. The van der Waals surface area contributed by atoms with Crippen LogP contribution in [0, 0.1) is 0 Å². The van der Waals surface area contributed by atoms with Crippen LogP contribution in [0.5, 0.6) is 0 Å². The maximum atomic E-state index is 11.8. The molecule has 0 aliphatic carbocycles. The van der Waals surface area contributed by atoms with Gasteiger partial charge in [0.15, 0.2) is 6.61 Å². The Bertz CT molecular complexity index is 632. The minimum atomic E-state index is -0.753. The van der Waals surface area contributed by atoms with E-state index >= 15 is 0 Å². The first kappa shape index (κ1) is 17.4. The molecule has 124 valence electrons. The van der Waals surface area contributed by atoms with Crippen molar-refractivity contribution in [2.24, 2.45) is 0 Å². The lowest BCUT2D eigenvalue weighted by Gasteiger charge is -2.17. The second kappa shape index (κ2) is 8.08. The van der Waals surface area contributed by atoms with Crippen molar-refractivity contribution >= 4 is 35.1 Å². The Morgan fingerprint density at radius 3 is 2.78 bits per heavy atom. The molecule has 1 aliphatic rings. The number of rotatable bonds is 5. The van der Waals surface area contributed by atoms with Crippen LogP contribution in [-0.2, 0) is 23.8 Å². The molecule has 1 aromatic rings. The lowest BCUT2D eigenvalue weighted by molar-refractivity contribution is -0.149. The molecule has 1 heterocycles. The highest BCUT2D eigenvalue weighted by atomic mass is 35.5. The summed E-state index contributed by atoms with van der Waals surface area (Å²) in [7, 11) is 0. The van der Waals surface area contributed by atoms with Gasteiger partial charge in [0.2, 0.25) is 5.76 Å². The molecule has 2 rings (SSSR count). The molecule has 0 spiro atoms. The van der Waals surface area contributed by atoms with E-state index < -0.39 is 18.5 Å². The number of amides is 1. The summed E-state index contributed by atoms with van der Waals surface area (Å²) in [5, 5.41) is 3.63. The van der Waals surface area contributed by atoms with Gasteiger partial charge in [0.05, 0.1) is 6.04 Å². The summed E-state index contributed by atoms with van der Waals surface area (Å²) in [5.41, 5.74) is 0.711. The van der Waals surface area contributed by atoms with Crippen LogP contribution in [0.4, 0.5) is 0 Å². The van der Waals surface area contributed by atoms with Crippen LogP contribution >= 0.6 is 23.2 Å². The van der Waals surface area contributed by atoms with Crippen molar-refractivity contribution in [2.45, 2.75) is 13.0 Å². The number of hydrogen-bond acceptors (Lipinski definition) is 5. The predicted molar refractivity (Wildman–Crippen MR) is 84.0 cm³/mol. The normalized spacial score (nSPS) is 14.8. The lowest BCUT2D eigenvalue weighted by atomic mass is 10.1. The number of ether oxygens (including phenoxy) is 3. The first-order valence-electron chi connectivity index (χ1n) is 6.83. The van der Waals surface area contributed by atoms with Crippen LogP contribution in [0.1, 0.15) is 18.5 Å². The molecule has 0 fully saturated rings. The molecule has 1 aromatic carbocycles. The molecule has 0 unspecified atom stereocenters. The summed E-state index contributed by atoms with van der Waals surface area (Å²) in [6, 6.07) is 4.63.